The molecule has 1 aliphatic carbocycles. The molecular weight excluding hydrogens is 376 g/mol. The molecule has 5 rings (SSSR count). The fraction of sp³-hybridized carbons (Fsp3) is 0.318. The maximum Gasteiger partial charge on any atom is 0.166 e. The molecule has 0 atom stereocenters. The predicted molar refractivity (Wildman–Crippen MR) is 117 cm³/mol. The average molecular weight is 400 g/mol. The SMILES string of the molecule is Nc1nn2cc(-c3ccncc3)cnc2c1-c1cc(NCC2CCCCC2)ncn1. The van der Waals surface area contributed by atoms with Crippen molar-refractivity contribution < 1.29 is 0 Å². The molecule has 0 amide bonds. The van der Waals surface area contributed by atoms with Gasteiger partial charge in [-0.25, -0.2) is 19.5 Å². The standard InChI is InChI=1S/C22H24N8/c23-21-20(18-10-19(28-14-27-18)25-11-15-4-2-1-3-5-15)22-26-12-17(13-30(22)29-21)16-6-8-24-9-7-16/h6-10,12-15H,1-5,11H2,(H2,23,29)(H,25,27,28). The van der Waals surface area contributed by atoms with Crippen molar-refractivity contribution in [3.63, 3.8) is 0 Å². The van der Waals surface area contributed by atoms with Gasteiger partial charge >= 0.3 is 0 Å². The Morgan fingerprint density at radius 3 is 2.70 bits per heavy atom. The summed E-state index contributed by atoms with van der Waals surface area (Å²) >= 11 is 0. The molecule has 4 heterocycles. The van der Waals surface area contributed by atoms with Crippen LogP contribution in [0, 0.1) is 5.92 Å². The van der Waals surface area contributed by atoms with E-state index in [9.17, 15) is 0 Å². The van der Waals surface area contributed by atoms with Crippen LogP contribution in [0.15, 0.2) is 49.3 Å². The Morgan fingerprint density at radius 1 is 1.03 bits per heavy atom. The summed E-state index contributed by atoms with van der Waals surface area (Å²) in [6, 6.07) is 5.80. The predicted octanol–water partition coefficient (Wildman–Crippen LogP) is 3.82. The Kier molecular flexibility index (Phi) is 4.96. The van der Waals surface area contributed by atoms with Crippen molar-refractivity contribution in [3.05, 3.63) is 49.3 Å². The molecule has 4 aromatic rings. The van der Waals surface area contributed by atoms with Gasteiger partial charge < -0.3 is 11.1 Å². The monoisotopic (exact) mass is 400 g/mol. The van der Waals surface area contributed by atoms with Crippen LogP contribution in [0.25, 0.3) is 28.0 Å². The summed E-state index contributed by atoms with van der Waals surface area (Å²) in [6.07, 6.45) is 15.4. The second-order valence-corrected chi connectivity index (χ2v) is 7.78. The van der Waals surface area contributed by atoms with E-state index in [1.165, 1.54) is 32.1 Å². The van der Waals surface area contributed by atoms with Gasteiger partial charge in [0, 0.05) is 43.0 Å². The zero-order valence-electron chi connectivity index (χ0n) is 16.7. The molecule has 1 aliphatic rings. The number of fused-ring (bicyclic) bond motifs is 1. The molecule has 0 radical (unpaired) electrons. The highest BCUT2D eigenvalue weighted by Crippen LogP contribution is 2.30. The summed E-state index contributed by atoms with van der Waals surface area (Å²) < 4.78 is 1.71. The third-order valence-corrected chi connectivity index (χ3v) is 5.73. The number of nitrogen functional groups attached to an aromatic ring is 1. The first-order valence-electron chi connectivity index (χ1n) is 10.4. The summed E-state index contributed by atoms with van der Waals surface area (Å²) in [5, 5.41) is 7.93. The van der Waals surface area contributed by atoms with Gasteiger partial charge in [-0.1, -0.05) is 19.3 Å². The lowest BCUT2D eigenvalue weighted by molar-refractivity contribution is 0.373. The van der Waals surface area contributed by atoms with Crippen LogP contribution in [0.5, 0.6) is 0 Å². The van der Waals surface area contributed by atoms with Gasteiger partial charge in [0.2, 0.25) is 0 Å². The minimum absolute atomic E-state index is 0.395. The topological polar surface area (TPSA) is 107 Å². The van der Waals surface area contributed by atoms with Gasteiger partial charge in [0.05, 0.1) is 11.3 Å². The smallest absolute Gasteiger partial charge is 0.166 e. The summed E-state index contributed by atoms with van der Waals surface area (Å²) in [5.74, 6) is 1.91. The lowest BCUT2D eigenvalue weighted by Crippen LogP contribution is -2.17. The molecule has 1 saturated carbocycles. The average Bonchev–Trinajstić information content (AvgIpc) is 3.14. The molecule has 8 heteroatoms. The Bertz CT molecular complexity index is 1150. The number of rotatable bonds is 5. The maximum absolute atomic E-state index is 6.25. The Labute approximate surface area is 174 Å². The summed E-state index contributed by atoms with van der Waals surface area (Å²) in [7, 11) is 0. The van der Waals surface area contributed by atoms with Gasteiger partial charge in [0.1, 0.15) is 12.1 Å². The minimum atomic E-state index is 0.395. The van der Waals surface area contributed by atoms with Gasteiger partial charge in [-0.05, 0) is 36.5 Å². The van der Waals surface area contributed by atoms with Crippen molar-refractivity contribution in [2.24, 2.45) is 5.92 Å². The first-order chi connectivity index (χ1) is 14.8. The lowest BCUT2D eigenvalue weighted by atomic mass is 9.89. The molecule has 4 aromatic heterocycles. The van der Waals surface area contributed by atoms with Crippen molar-refractivity contribution in [1.82, 2.24) is 29.5 Å². The van der Waals surface area contributed by atoms with Crippen molar-refractivity contribution >= 4 is 17.3 Å². The van der Waals surface area contributed by atoms with Gasteiger partial charge in [-0.3, -0.25) is 4.98 Å². The highest BCUT2D eigenvalue weighted by atomic mass is 15.3. The third kappa shape index (κ3) is 3.68. The quantitative estimate of drug-likeness (QED) is 0.524. The second kappa shape index (κ2) is 8.06. The molecule has 0 bridgehead atoms. The number of anilines is 2. The zero-order valence-corrected chi connectivity index (χ0v) is 16.7. The fourth-order valence-electron chi connectivity index (χ4n) is 4.12. The second-order valence-electron chi connectivity index (χ2n) is 7.78. The van der Waals surface area contributed by atoms with E-state index < -0.39 is 0 Å². The van der Waals surface area contributed by atoms with Gasteiger partial charge in [-0.15, -0.1) is 5.10 Å². The van der Waals surface area contributed by atoms with E-state index in [0.29, 0.717) is 23.1 Å². The number of nitrogens with zero attached hydrogens (tertiary/aromatic N) is 6. The van der Waals surface area contributed by atoms with Crippen molar-refractivity contribution in [1.29, 1.82) is 0 Å². The van der Waals surface area contributed by atoms with Gasteiger partial charge in [0.15, 0.2) is 11.5 Å². The molecule has 0 saturated heterocycles. The van der Waals surface area contributed by atoms with Crippen molar-refractivity contribution in [3.8, 4) is 22.4 Å². The van der Waals surface area contributed by atoms with Crippen molar-refractivity contribution in [2.45, 2.75) is 32.1 Å². The largest absolute Gasteiger partial charge is 0.382 e. The Balaban J connectivity index is 1.43. The van der Waals surface area contributed by atoms with Crippen LogP contribution < -0.4 is 11.1 Å². The minimum Gasteiger partial charge on any atom is -0.382 e. The first-order valence-corrected chi connectivity index (χ1v) is 10.4. The molecule has 8 nitrogen and oxygen atoms in total. The highest BCUT2D eigenvalue weighted by Gasteiger charge is 2.17. The number of nitrogens with two attached hydrogens (primary N) is 1. The molecule has 0 aliphatic heterocycles. The van der Waals surface area contributed by atoms with Crippen LogP contribution in [-0.2, 0) is 0 Å². The van der Waals surface area contributed by atoms with Crippen LogP contribution >= 0.6 is 0 Å². The van der Waals surface area contributed by atoms with Gasteiger partial charge in [0.25, 0.3) is 0 Å². The lowest BCUT2D eigenvalue weighted by Gasteiger charge is -2.21. The van der Waals surface area contributed by atoms with Crippen LogP contribution in [0.4, 0.5) is 11.6 Å². The number of aromatic nitrogens is 6. The number of nitrogens with one attached hydrogen (secondary N) is 1. The first kappa shape index (κ1) is 18.5. The number of hydrogen-bond acceptors (Lipinski definition) is 7. The summed E-state index contributed by atoms with van der Waals surface area (Å²) in [6.45, 7) is 0.939. The van der Waals surface area contributed by atoms with E-state index in [1.54, 1.807) is 23.2 Å². The van der Waals surface area contributed by atoms with E-state index in [4.69, 9.17) is 5.73 Å². The fourth-order valence-corrected chi connectivity index (χ4v) is 4.12. The number of hydrogen-bond donors (Lipinski definition) is 2. The molecule has 0 spiro atoms. The molecular formula is C22H24N8. The van der Waals surface area contributed by atoms with Crippen LogP contribution in [0.3, 0.4) is 0 Å². The summed E-state index contributed by atoms with van der Waals surface area (Å²) in [4.78, 5) is 17.5. The zero-order chi connectivity index (χ0) is 20.3. The molecule has 3 N–H and O–H groups in total. The number of pyridine rings is 1. The normalized spacial score (nSPS) is 14.8. The van der Waals surface area contributed by atoms with Crippen LogP contribution in [0.1, 0.15) is 32.1 Å². The van der Waals surface area contributed by atoms with Crippen LogP contribution in [-0.4, -0.2) is 36.1 Å². The van der Waals surface area contributed by atoms with Crippen LogP contribution in [0.2, 0.25) is 0 Å². The highest BCUT2D eigenvalue weighted by molar-refractivity contribution is 5.85. The summed E-state index contributed by atoms with van der Waals surface area (Å²) in [5.41, 5.74) is 10.3. The van der Waals surface area contributed by atoms with E-state index >= 15 is 0 Å². The molecule has 0 unspecified atom stereocenters. The van der Waals surface area contributed by atoms with E-state index in [-0.39, 0.29) is 0 Å². The Hall–Kier alpha value is -3.55. The molecule has 30 heavy (non-hydrogen) atoms. The molecule has 152 valence electrons. The van der Waals surface area contributed by atoms with Crippen molar-refractivity contribution in [2.75, 3.05) is 17.6 Å². The van der Waals surface area contributed by atoms with Gasteiger partial charge in [-0.2, -0.15) is 0 Å². The molecule has 1 fully saturated rings. The Morgan fingerprint density at radius 2 is 1.87 bits per heavy atom. The third-order valence-electron chi connectivity index (χ3n) is 5.73. The molecule has 0 aromatic carbocycles. The van der Waals surface area contributed by atoms with E-state index in [0.717, 1.165) is 29.1 Å². The maximum atomic E-state index is 6.25. The van der Waals surface area contributed by atoms with E-state index in [1.807, 2.05) is 30.6 Å². The van der Waals surface area contributed by atoms with E-state index in [2.05, 4.69) is 30.4 Å².